The number of nitrogens with zero attached hydrogens (tertiary/aromatic N) is 2. The van der Waals surface area contributed by atoms with E-state index in [4.69, 9.17) is 11.6 Å². The van der Waals surface area contributed by atoms with Crippen LogP contribution >= 0.6 is 23.4 Å². The van der Waals surface area contributed by atoms with Crippen molar-refractivity contribution in [2.24, 2.45) is 0 Å². The Hall–Kier alpha value is -0.280. The van der Waals surface area contributed by atoms with Crippen LogP contribution in [-0.2, 0) is 0 Å². The van der Waals surface area contributed by atoms with Crippen LogP contribution in [0.15, 0.2) is 11.4 Å². The third kappa shape index (κ3) is 2.35. The molecule has 0 bridgehead atoms. The molecule has 1 heterocycles. The molecular formula is C8H11ClN2S. The van der Waals surface area contributed by atoms with Gasteiger partial charge in [0.05, 0.1) is 0 Å². The standard InChI is InChI=1S/C8H11ClN2S/c1-3-4-12-8-6(2)7(9)10-5-11-8/h5H,3-4H2,1-2H3. The summed E-state index contributed by atoms with van der Waals surface area (Å²) in [5.74, 6) is 1.08. The van der Waals surface area contributed by atoms with Crippen LogP contribution in [-0.4, -0.2) is 15.7 Å². The predicted molar refractivity (Wildman–Crippen MR) is 52.8 cm³/mol. The van der Waals surface area contributed by atoms with Gasteiger partial charge in [-0.3, -0.25) is 0 Å². The molecular weight excluding hydrogens is 192 g/mol. The van der Waals surface area contributed by atoms with Crippen molar-refractivity contribution in [3.63, 3.8) is 0 Å². The van der Waals surface area contributed by atoms with E-state index in [-0.39, 0.29) is 0 Å². The van der Waals surface area contributed by atoms with Crippen molar-refractivity contribution in [3.05, 3.63) is 17.0 Å². The third-order valence-corrected chi connectivity index (χ3v) is 3.10. The smallest absolute Gasteiger partial charge is 0.136 e. The maximum Gasteiger partial charge on any atom is 0.136 e. The van der Waals surface area contributed by atoms with Crippen LogP contribution in [0, 0.1) is 6.92 Å². The van der Waals surface area contributed by atoms with Crippen molar-refractivity contribution in [1.82, 2.24) is 9.97 Å². The van der Waals surface area contributed by atoms with Crippen LogP contribution < -0.4 is 0 Å². The highest BCUT2D eigenvalue weighted by Crippen LogP contribution is 2.23. The van der Waals surface area contributed by atoms with Crippen molar-refractivity contribution in [2.75, 3.05) is 5.75 Å². The van der Waals surface area contributed by atoms with E-state index >= 15 is 0 Å². The first kappa shape index (κ1) is 9.81. The van der Waals surface area contributed by atoms with Crippen molar-refractivity contribution in [2.45, 2.75) is 25.3 Å². The van der Waals surface area contributed by atoms with Gasteiger partial charge in [0.2, 0.25) is 0 Å². The Kier molecular flexibility index (Phi) is 3.82. The monoisotopic (exact) mass is 202 g/mol. The lowest BCUT2D eigenvalue weighted by Gasteiger charge is -2.02. The molecule has 66 valence electrons. The zero-order valence-corrected chi connectivity index (χ0v) is 8.74. The van der Waals surface area contributed by atoms with Crippen LogP contribution in [0.5, 0.6) is 0 Å². The molecule has 0 aromatic carbocycles. The van der Waals surface area contributed by atoms with Gasteiger partial charge in [0.25, 0.3) is 0 Å². The molecule has 1 aromatic heterocycles. The number of aromatic nitrogens is 2. The summed E-state index contributed by atoms with van der Waals surface area (Å²) < 4.78 is 0. The molecule has 1 rings (SSSR count). The van der Waals surface area contributed by atoms with Crippen molar-refractivity contribution in [1.29, 1.82) is 0 Å². The Bertz CT molecular complexity index is 265. The zero-order valence-electron chi connectivity index (χ0n) is 7.17. The normalized spacial score (nSPS) is 10.2. The van der Waals surface area contributed by atoms with E-state index in [2.05, 4.69) is 16.9 Å². The van der Waals surface area contributed by atoms with Gasteiger partial charge < -0.3 is 0 Å². The maximum atomic E-state index is 5.83. The molecule has 0 aliphatic rings. The Morgan fingerprint density at radius 2 is 2.25 bits per heavy atom. The summed E-state index contributed by atoms with van der Waals surface area (Å²) in [4.78, 5) is 8.03. The molecule has 1 aromatic rings. The van der Waals surface area contributed by atoms with E-state index < -0.39 is 0 Å². The lowest BCUT2D eigenvalue weighted by molar-refractivity contribution is 0.997. The van der Waals surface area contributed by atoms with E-state index in [0.29, 0.717) is 5.15 Å². The molecule has 0 unspecified atom stereocenters. The molecule has 4 heteroatoms. The summed E-state index contributed by atoms with van der Waals surface area (Å²) >= 11 is 7.55. The number of rotatable bonds is 3. The minimum absolute atomic E-state index is 0.559. The fraction of sp³-hybridized carbons (Fsp3) is 0.500. The van der Waals surface area contributed by atoms with Gasteiger partial charge in [-0.15, -0.1) is 11.8 Å². The Labute approximate surface area is 81.8 Å². The third-order valence-electron chi connectivity index (χ3n) is 1.42. The molecule has 2 nitrogen and oxygen atoms in total. The quantitative estimate of drug-likeness (QED) is 0.557. The van der Waals surface area contributed by atoms with Crippen molar-refractivity contribution in [3.8, 4) is 0 Å². The highest BCUT2D eigenvalue weighted by Gasteiger charge is 2.03. The van der Waals surface area contributed by atoms with Crippen LogP contribution in [0.3, 0.4) is 0 Å². The SMILES string of the molecule is CCCSc1ncnc(Cl)c1C. The lowest BCUT2D eigenvalue weighted by atomic mass is 10.4. The van der Waals surface area contributed by atoms with E-state index in [1.165, 1.54) is 6.33 Å². The Morgan fingerprint density at radius 1 is 1.50 bits per heavy atom. The van der Waals surface area contributed by atoms with Crippen LogP contribution in [0.25, 0.3) is 0 Å². The van der Waals surface area contributed by atoms with Gasteiger partial charge >= 0.3 is 0 Å². The van der Waals surface area contributed by atoms with Gasteiger partial charge in [-0.2, -0.15) is 0 Å². The molecule has 0 N–H and O–H groups in total. The topological polar surface area (TPSA) is 25.8 Å². The summed E-state index contributed by atoms with van der Waals surface area (Å²) in [6, 6.07) is 0. The molecule has 12 heavy (non-hydrogen) atoms. The molecule has 0 fully saturated rings. The van der Waals surface area contributed by atoms with Gasteiger partial charge in [0, 0.05) is 5.56 Å². The van der Waals surface area contributed by atoms with Gasteiger partial charge in [-0.25, -0.2) is 9.97 Å². The molecule has 0 aliphatic carbocycles. The van der Waals surface area contributed by atoms with E-state index in [0.717, 1.165) is 22.8 Å². The molecule has 0 radical (unpaired) electrons. The molecule has 0 amide bonds. The first-order valence-electron chi connectivity index (χ1n) is 3.85. The first-order chi connectivity index (χ1) is 5.75. The number of thioether (sulfide) groups is 1. The van der Waals surface area contributed by atoms with Crippen molar-refractivity contribution >= 4 is 23.4 Å². The van der Waals surface area contributed by atoms with Gasteiger partial charge in [-0.05, 0) is 19.1 Å². The summed E-state index contributed by atoms with van der Waals surface area (Å²) in [5, 5.41) is 1.56. The average molecular weight is 203 g/mol. The second-order valence-electron chi connectivity index (χ2n) is 2.44. The molecule has 0 saturated heterocycles. The van der Waals surface area contributed by atoms with Crippen LogP contribution in [0.4, 0.5) is 0 Å². The highest BCUT2D eigenvalue weighted by atomic mass is 35.5. The molecule has 0 spiro atoms. The number of hydrogen-bond donors (Lipinski definition) is 0. The second kappa shape index (κ2) is 4.67. The minimum Gasteiger partial charge on any atom is -0.230 e. The fourth-order valence-electron chi connectivity index (χ4n) is 0.758. The number of hydrogen-bond acceptors (Lipinski definition) is 3. The van der Waals surface area contributed by atoms with E-state index in [1.54, 1.807) is 11.8 Å². The predicted octanol–water partition coefficient (Wildman–Crippen LogP) is 2.94. The van der Waals surface area contributed by atoms with E-state index in [1.807, 2.05) is 6.92 Å². The van der Waals surface area contributed by atoms with E-state index in [9.17, 15) is 0 Å². The minimum atomic E-state index is 0.559. The zero-order chi connectivity index (χ0) is 8.97. The summed E-state index contributed by atoms with van der Waals surface area (Å²) in [7, 11) is 0. The molecule has 0 saturated carbocycles. The summed E-state index contributed by atoms with van der Waals surface area (Å²) in [5.41, 5.74) is 0.984. The van der Waals surface area contributed by atoms with Gasteiger partial charge in [0.15, 0.2) is 0 Å². The van der Waals surface area contributed by atoms with Gasteiger partial charge in [0.1, 0.15) is 16.5 Å². The Morgan fingerprint density at radius 3 is 2.92 bits per heavy atom. The second-order valence-corrected chi connectivity index (χ2v) is 3.88. The molecule has 0 aliphatic heterocycles. The highest BCUT2D eigenvalue weighted by molar-refractivity contribution is 7.99. The first-order valence-corrected chi connectivity index (χ1v) is 5.22. The lowest BCUT2D eigenvalue weighted by Crippen LogP contribution is -1.90. The summed E-state index contributed by atoms with van der Waals surface area (Å²) in [6.45, 7) is 4.09. The van der Waals surface area contributed by atoms with Gasteiger partial charge in [-0.1, -0.05) is 18.5 Å². The largest absolute Gasteiger partial charge is 0.230 e. The number of halogens is 1. The van der Waals surface area contributed by atoms with Crippen LogP contribution in [0.2, 0.25) is 5.15 Å². The molecule has 0 atom stereocenters. The fourth-order valence-corrected chi connectivity index (χ4v) is 1.78. The maximum absolute atomic E-state index is 5.83. The average Bonchev–Trinajstić information content (AvgIpc) is 2.08. The van der Waals surface area contributed by atoms with Crippen LogP contribution in [0.1, 0.15) is 18.9 Å². The summed E-state index contributed by atoms with van der Waals surface area (Å²) in [6.07, 6.45) is 2.65. The van der Waals surface area contributed by atoms with Crippen molar-refractivity contribution < 1.29 is 0 Å². The Balaban J connectivity index is 2.78.